The normalized spacial score (nSPS) is 22.5. The van der Waals surface area contributed by atoms with Crippen molar-refractivity contribution >= 4 is 23.4 Å². The molecule has 4 rings (SSSR count). The van der Waals surface area contributed by atoms with Crippen molar-refractivity contribution in [3.8, 4) is 11.5 Å². The van der Waals surface area contributed by atoms with Gasteiger partial charge in [-0.15, -0.1) is 0 Å². The number of nitrogens with one attached hydrogen (secondary N) is 2. The molecule has 0 bridgehead atoms. The van der Waals surface area contributed by atoms with Crippen LogP contribution in [0.2, 0.25) is 0 Å². The van der Waals surface area contributed by atoms with Gasteiger partial charge in [0.2, 0.25) is 17.7 Å². The number of rotatable bonds is 7. The van der Waals surface area contributed by atoms with Gasteiger partial charge >= 0.3 is 0 Å². The van der Waals surface area contributed by atoms with Crippen molar-refractivity contribution in [1.82, 2.24) is 10.6 Å². The lowest BCUT2D eigenvalue weighted by Crippen LogP contribution is -2.53. The van der Waals surface area contributed by atoms with Crippen LogP contribution in [0.25, 0.3) is 0 Å². The van der Waals surface area contributed by atoms with Gasteiger partial charge in [0.05, 0.1) is 5.92 Å². The van der Waals surface area contributed by atoms with Crippen molar-refractivity contribution in [2.45, 2.75) is 64.5 Å². The molecule has 1 saturated carbocycles. The fourth-order valence-electron chi connectivity index (χ4n) is 4.67. The zero-order valence-electron chi connectivity index (χ0n) is 18.9. The quantitative estimate of drug-likeness (QED) is 0.675. The summed E-state index contributed by atoms with van der Waals surface area (Å²) in [6.45, 7) is 5.23. The maximum Gasteiger partial charge on any atom is 0.243 e. The van der Waals surface area contributed by atoms with E-state index < -0.39 is 12.0 Å². The molecule has 2 N–H and O–H groups in total. The SMILES string of the molecule is CC[C@H](C)[C@H](NC(=O)[C@H]1CC(=O)N(c2ccc3c(c2)OCCO3)C1)C(=O)NC1CCCC1. The van der Waals surface area contributed by atoms with E-state index in [9.17, 15) is 14.4 Å². The number of hydrogen-bond acceptors (Lipinski definition) is 5. The Morgan fingerprint density at radius 3 is 2.59 bits per heavy atom. The topological polar surface area (TPSA) is 97.0 Å². The van der Waals surface area contributed by atoms with Crippen molar-refractivity contribution in [2.24, 2.45) is 11.8 Å². The van der Waals surface area contributed by atoms with Crippen molar-refractivity contribution < 1.29 is 23.9 Å². The van der Waals surface area contributed by atoms with Gasteiger partial charge in [0, 0.05) is 30.8 Å². The molecule has 0 radical (unpaired) electrons. The third-order valence-electron chi connectivity index (χ3n) is 6.83. The summed E-state index contributed by atoms with van der Waals surface area (Å²) in [6, 6.07) is 4.99. The fraction of sp³-hybridized carbons (Fsp3) is 0.625. The predicted octanol–water partition coefficient (Wildman–Crippen LogP) is 2.40. The Kier molecular flexibility index (Phi) is 6.86. The molecule has 0 aromatic heterocycles. The molecular weight excluding hydrogens is 410 g/mol. The number of hydrogen-bond donors (Lipinski definition) is 2. The Balaban J connectivity index is 1.41. The first-order valence-electron chi connectivity index (χ1n) is 11.8. The molecule has 1 saturated heterocycles. The average molecular weight is 444 g/mol. The molecule has 3 aliphatic rings. The Labute approximate surface area is 189 Å². The van der Waals surface area contributed by atoms with Crippen LogP contribution < -0.4 is 25.0 Å². The second-order valence-corrected chi connectivity index (χ2v) is 9.10. The molecule has 0 unspecified atom stereocenters. The Hall–Kier alpha value is -2.77. The molecule has 3 atom stereocenters. The molecule has 0 spiro atoms. The molecule has 2 fully saturated rings. The molecule has 1 aliphatic carbocycles. The van der Waals surface area contributed by atoms with Crippen molar-refractivity contribution in [3.63, 3.8) is 0 Å². The third kappa shape index (κ3) is 4.84. The maximum atomic E-state index is 13.1. The zero-order valence-corrected chi connectivity index (χ0v) is 18.9. The number of carbonyl (C=O) groups excluding carboxylic acids is 3. The summed E-state index contributed by atoms with van der Waals surface area (Å²) >= 11 is 0. The van der Waals surface area contributed by atoms with Crippen molar-refractivity contribution in [3.05, 3.63) is 18.2 Å². The molecular formula is C24H33N3O5. The molecule has 2 heterocycles. The van der Waals surface area contributed by atoms with Gasteiger partial charge < -0.3 is 25.0 Å². The lowest BCUT2D eigenvalue weighted by Gasteiger charge is -2.26. The van der Waals surface area contributed by atoms with E-state index in [0.29, 0.717) is 30.4 Å². The van der Waals surface area contributed by atoms with Gasteiger partial charge in [-0.25, -0.2) is 0 Å². The van der Waals surface area contributed by atoms with Gasteiger partial charge in [0.15, 0.2) is 11.5 Å². The highest BCUT2D eigenvalue weighted by Gasteiger charge is 2.38. The molecule has 1 aromatic carbocycles. The fourth-order valence-corrected chi connectivity index (χ4v) is 4.67. The number of benzene rings is 1. The Morgan fingerprint density at radius 1 is 1.16 bits per heavy atom. The van der Waals surface area contributed by atoms with E-state index in [-0.39, 0.29) is 42.6 Å². The minimum atomic E-state index is -0.591. The number of anilines is 1. The van der Waals surface area contributed by atoms with Crippen LogP contribution in [0.1, 0.15) is 52.4 Å². The highest BCUT2D eigenvalue weighted by molar-refractivity contribution is 6.01. The van der Waals surface area contributed by atoms with Gasteiger partial charge in [0.1, 0.15) is 19.3 Å². The van der Waals surface area contributed by atoms with Crippen LogP contribution >= 0.6 is 0 Å². The minimum Gasteiger partial charge on any atom is -0.486 e. The van der Waals surface area contributed by atoms with Crippen LogP contribution in [0.4, 0.5) is 5.69 Å². The van der Waals surface area contributed by atoms with Crippen LogP contribution in [0, 0.1) is 11.8 Å². The smallest absolute Gasteiger partial charge is 0.243 e. The second kappa shape index (κ2) is 9.79. The minimum absolute atomic E-state index is 0.00588. The van der Waals surface area contributed by atoms with Gasteiger partial charge in [-0.3, -0.25) is 14.4 Å². The zero-order chi connectivity index (χ0) is 22.7. The van der Waals surface area contributed by atoms with Crippen LogP contribution in [0.3, 0.4) is 0 Å². The summed E-state index contributed by atoms with van der Waals surface area (Å²) in [5, 5.41) is 6.06. The van der Waals surface area contributed by atoms with E-state index in [1.807, 2.05) is 19.9 Å². The molecule has 32 heavy (non-hydrogen) atoms. The largest absolute Gasteiger partial charge is 0.486 e. The van der Waals surface area contributed by atoms with Crippen molar-refractivity contribution in [1.29, 1.82) is 0 Å². The Morgan fingerprint density at radius 2 is 1.88 bits per heavy atom. The third-order valence-corrected chi connectivity index (χ3v) is 6.83. The molecule has 8 nitrogen and oxygen atoms in total. The maximum absolute atomic E-state index is 13.1. The van der Waals surface area contributed by atoms with E-state index in [2.05, 4.69) is 10.6 Å². The monoisotopic (exact) mass is 443 g/mol. The number of amides is 3. The standard InChI is InChI=1S/C24H33N3O5/c1-3-15(2)22(24(30)25-17-6-4-5-7-17)26-23(29)16-12-21(28)27(14-16)18-8-9-19-20(13-18)32-11-10-31-19/h8-9,13,15-17,22H,3-7,10-12,14H2,1-2H3,(H,25,30)(H,26,29)/t15-,16-,22-/m0/s1. The summed E-state index contributed by atoms with van der Waals surface area (Å²) in [6.07, 6.45) is 5.15. The first-order chi connectivity index (χ1) is 15.5. The number of nitrogens with zero attached hydrogens (tertiary/aromatic N) is 1. The first-order valence-corrected chi connectivity index (χ1v) is 11.8. The summed E-state index contributed by atoms with van der Waals surface area (Å²) in [5.41, 5.74) is 0.687. The van der Waals surface area contributed by atoms with Crippen LogP contribution in [-0.4, -0.2) is 49.6 Å². The number of carbonyl (C=O) groups is 3. The summed E-state index contributed by atoms with van der Waals surface area (Å²) in [5.74, 6) is 0.295. The molecule has 3 amide bonds. The summed E-state index contributed by atoms with van der Waals surface area (Å²) in [7, 11) is 0. The molecule has 8 heteroatoms. The van der Waals surface area contributed by atoms with Crippen LogP contribution in [0.5, 0.6) is 11.5 Å². The van der Waals surface area contributed by atoms with Crippen LogP contribution in [-0.2, 0) is 14.4 Å². The summed E-state index contributed by atoms with van der Waals surface area (Å²) in [4.78, 5) is 40.3. The van der Waals surface area contributed by atoms with E-state index >= 15 is 0 Å². The molecule has 2 aliphatic heterocycles. The van der Waals surface area contributed by atoms with E-state index in [1.54, 1.807) is 17.0 Å². The van der Waals surface area contributed by atoms with Gasteiger partial charge in [-0.05, 0) is 30.9 Å². The van der Waals surface area contributed by atoms with E-state index in [1.165, 1.54) is 0 Å². The highest BCUT2D eigenvalue weighted by Crippen LogP contribution is 2.36. The Bertz CT molecular complexity index is 867. The average Bonchev–Trinajstić information content (AvgIpc) is 3.46. The number of ether oxygens (including phenoxy) is 2. The van der Waals surface area contributed by atoms with Gasteiger partial charge in [-0.1, -0.05) is 33.1 Å². The van der Waals surface area contributed by atoms with Crippen molar-refractivity contribution in [2.75, 3.05) is 24.7 Å². The first kappa shape index (κ1) is 22.4. The lowest BCUT2D eigenvalue weighted by atomic mass is 9.96. The van der Waals surface area contributed by atoms with E-state index in [0.717, 1.165) is 32.1 Å². The second-order valence-electron chi connectivity index (χ2n) is 9.10. The van der Waals surface area contributed by atoms with Gasteiger partial charge in [-0.2, -0.15) is 0 Å². The highest BCUT2D eigenvalue weighted by atomic mass is 16.6. The van der Waals surface area contributed by atoms with E-state index in [4.69, 9.17) is 9.47 Å². The summed E-state index contributed by atoms with van der Waals surface area (Å²) < 4.78 is 11.2. The number of fused-ring (bicyclic) bond motifs is 1. The van der Waals surface area contributed by atoms with Crippen LogP contribution in [0.15, 0.2) is 18.2 Å². The molecule has 1 aromatic rings. The molecule has 174 valence electrons. The lowest BCUT2D eigenvalue weighted by molar-refractivity contribution is -0.132. The predicted molar refractivity (Wildman–Crippen MR) is 120 cm³/mol. The van der Waals surface area contributed by atoms with Gasteiger partial charge in [0.25, 0.3) is 0 Å².